The van der Waals surface area contributed by atoms with Gasteiger partial charge >= 0.3 is 0 Å². The number of hydrogen-bond acceptors (Lipinski definition) is 14. The monoisotopic (exact) mass is 1020 g/mol. The lowest BCUT2D eigenvalue weighted by atomic mass is 9.80. The number of rotatable bonds is 27. The molecule has 1 heterocycles. The first-order chi connectivity index (χ1) is 33.1. The fourth-order valence-electron chi connectivity index (χ4n) is 8.12. The van der Waals surface area contributed by atoms with E-state index in [2.05, 4.69) is 67.5 Å². The minimum atomic E-state index is -1.65. The molecule has 6 atom stereocenters. The Morgan fingerprint density at radius 2 is 1.43 bits per heavy atom. The molecule has 2 fully saturated rings. The van der Waals surface area contributed by atoms with Crippen molar-refractivity contribution in [2.24, 2.45) is 33.8 Å². The number of carbonyl (C=O) groups excluding carboxylic acids is 10. The second kappa shape index (κ2) is 28.4. The van der Waals surface area contributed by atoms with Crippen LogP contribution < -0.4 is 60.2 Å². The van der Waals surface area contributed by atoms with Gasteiger partial charge in [-0.15, -0.1) is 0 Å². The number of amides is 10. The lowest BCUT2D eigenvalue weighted by molar-refractivity contribution is -0.142. The zero-order chi connectivity index (χ0) is 52.1. The van der Waals surface area contributed by atoms with E-state index in [1.54, 1.807) is 26.0 Å². The summed E-state index contributed by atoms with van der Waals surface area (Å²) < 4.78 is 0. The molecule has 0 unspecified atom stereocenters. The van der Waals surface area contributed by atoms with Crippen molar-refractivity contribution in [3.8, 4) is 5.75 Å². The van der Waals surface area contributed by atoms with E-state index in [0.29, 0.717) is 24.8 Å². The average molecular weight is 1020 g/mol. The summed E-state index contributed by atoms with van der Waals surface area (Å²) in [5.41, 5.74) is 20.5. The molecular weight excluding hydrogens is 951 g/mol. The number of primary amides is 2. The molecule has 1 aromatic rings. The lowest BCUT2D eigenvalue weighted by Crippen LogP contribution is -2.66. The number of phenols is 1. The molecule has 0 radical (unpaired) electrons. The summed E-state index contributed by atoms with van der Waals surface area (Å²) in [5.74, 6) is -8.47. The molecule has 1 aliphatic heterocycles. The molecule has 1 aliphatic carbocycles. The molecule has 16 N–H and O–H groups in total. The predicted molar refractivity (Wildman–Crippen MR) is 263 cm³/mol. The van der Waals surface area contributed by atoms with Gasteiger partial charge in [-0.3, -0.25) is 52.9 Å². The smallest absolute Gasteiger partial charge is 0.246 e. The Labute approximate surface area is 417 Å². The highest BCUT2D eigenvalue weighted by Crippen LogP contribution is 2.30. The number of benzene rings is 1. The summed E-state index contributed by atoms with van der Waals surface area (Å²) in [7, 11) is 0. The maximum Gasteiger partial charge on any atom is 0.246 e. The third-order valence-electron chi connectivity index (χ3n) is 11.8. The van der Waals surface area contributed by atoms with Crippen LogP contribution in [0.4, 0.5) is 0 Å². The predicted octanol–water partition coefficient (Wildman–Crippen LogP) is -3.40. The van der Waals surface area contributed by atoms with E-state index in [1.807, 2.05) is 0 Å². The van der Waals surface area contributed by atoms with Gasteiger partial charge in [-0.1, -0.05) is 45.2 Å². The second-order valence-electron chi connectivity index (χ2n) is 17.7. The van der Waals surface area contributed by atoms with Gasteiger partial charge in [-0.05, 0) is 67.9 Å². The van der Waals surface area contributed by atoms with Gasteiger partial charge in [0.25, 0.3) is 0 Å². The van der Waals surface area contributed by atoms with Crippen molar-refractivity contribution in [1.82, 2.24) is 42.1 Å². The molecule has 0 bridgehead atoms. The van der Waals surface area contributed by atoms with E-state index in [1.165, 1.54) is 17.0 Å². The molecule has 2 aliphatic rings. The molecule has 3 rings (SSSR count). The number of nitrogens with one attached hydrogen (secondary N) is 7. The number of aromatic hydroxyl groups is 1. The first-order valence-electron chi connectivity index (χ1n) is 23.1. The van der Waals surface area contributed by atoms with Crippen molar-refractivity contribution in [1.29, 1.82) is 0 Å². The van der Waals surface area contributed by atoms with Crippen LogP contribution in [0.5, 0.6) is 5.75 Å². The van der Waals surface area contributed by atoms with Crippen LogP contribution in [0.2, 0.25) is 0 Å². The minimum Gasteiger partial charge on any atom is -0.508 e. The minimum absolute atomic E-state index is 0.00819. The molecule has 388 valence electrons. The molecule has 24 nitrogen and oxygen atoms in total. The maximum absolute atomic E-state index is 14.4. The van der Waals surface area contributed by atoms with E-state index >= 15 is 0 Å². The Bertz CT molecular complexity index is 2070. The Balaban J connectivity index is 1.78. The Morgan fingerprint density at radius 3 is 2.01 bits per heavy atom. The van der Waals surface area contributed by atoms with Crippen molar-refractivity contribution in [2.75, 3.05) is 31.1 Å². The van der Waals surface area contributed by atoms with Crippen molar-refractivity contribution in [2.45, 2.75) is 133 Å². The van der Waals surface area contributed by atoms with Gasteiger partial charge in [0, 0.05) is 31.7 Å². The largest absolute Gasteiger partial charge is 0.508 e. The van der Waals surface area contributed by atoms with Gasteiger partial charge in [-0.25, -0.2) is 0 Å². The zero-order valence-corrected chi connectivity index (χ0v) is 41.3. The molecule has 0 spiro atoms. The average Bonchev–Trinajstić information content (AvgIpc) is 3.80. The topological polar surface area (TPSA) is 395 Å². The lowest BCUT2D eigenvalue weighted by Gasteiger charge is -2.39. The normalized spacial score (nSPS) is 17.3. The van der Waals surface area contributed by atoms with Crippen molar-refractivity contribution in [3.63, 3.8) is 0 Å². The summed E-state index contributed by atoms with van der Waals surface area (Å²) in [6.07, 6.45) is 2.47. The highest BCUT2D eigenvalue weighted by molar-refractivity contribution is 7.80. The van der Waals surface area contributed by atoms with Gasteiger partial charge in [0.15, 0.2) is 5.96 Å². The summed E-state index contributed by atoms with van der Waals surface area (Å²) in [4.78, 5) is 138. The first kappa shape index (κ1) is 58.0. The number of carbonyl (C=O) groups is 10. The molecule has 1 saturated heterocycles. The number of phenolic OH excluding ortho intramolecular Hbond substituents is 1. The standard InChI is InChI=1S/C44H69N13O11S2/c1-24(2)35(55-42(68)44(15-4-3-5-16-44)56-38(64)28(51-34(61)14-19-69)20-25-10-12-26(58)13-11-25)40(66)53-29(21-32(45)59)37(63)54-30(23-70)41(67)57-18-7-9-31(57)39(65)52-27(8-6-17-49-43(47)48)36(62)50-22-33(46)60/h10-13,24,27-31,35,58,69-70H,3-9,14-23H2,1-2H3,(H2,45,59)(H2,46,60)(H,50,62)(H,51,61)(H,52,65)(H,53,66)(H,54,63)(H,55,68)(H,56,64)(H4,47,48,49)/t27-,28+,29+,30+,31+,35+/m1/s1. The third kappa shape index (κ3) is 18.2. The van der Waals surface area contributed by atoms with Crippen LogP contribution in [0.3, 0.4) is 0 Å². The van der Waals surface area contributed by atoms with E-state index in [4.69, 9.17) is 22.9 Å². The quantitative estimate of drug-likeness (QED) is 0.0177. The fraction of sp³-hybridized carbons (Fsp3) is 0.614. The van der Waals surface area contributed by atoms with E-state index in [0.717, 1.165) is 6.42 Å². The van der Waals surface area contributed by atoms with Crippen LogP contribution in [-0.2, 0) is 54.4 Å². The number of thiol groups is 2. The molecule has 0 aromatic heterocycles. The third-order valence-corrected chi connectivity index (χ3v) is 12.4. The molecule has 1 saturated carbocycles. The molecule has 10 amide bonds. The van der Waals surface area contributed by atoms with Gasteiger partial charge in [0.2, 0.25) is 59.1 Å². The van der Waals surface area contributed by atoms with Crippen molar-refractivity contribution < 1.29 is 53.1 Å². The van der Waals surface area contributed by atoms with Gasteiger partial charge in [-0.2, -0.15) is 25.3 Å². The molecule has 70 heavy (non-hydrogen) atoms. The molecular formula is C44H69N13O11S2. The number of likely N-dealkylation sites (tertiary alicyclic amines) is 1. The van der Waals surface area contributed by atoms with Crippen molar-refractivity contribution in [3.05, 3.63) is 29.8 Å². The highest BCUT2D eigenvalue weighted by atomic mass is 32.1. The zero-order valence-electron chi connectivity index (χ0n) is 39.5. The van der Waals surface area contributed by atoms with E-state index < -0.39 is 120 Å². The fourth-order valence-corrected chi connectivity index (χ4v) is 8.57. The number of nitrogens with two attached hydrogens (primary N) is 4. The van der Waals surface area contributed by atoms with E-state index in [9.17, 15) is 53.1 Å². The van der Waals surface area contributed by atoms with Crippen LogP contribution in [-0.4, -0.2) is 148 Å². The van der Waals surface area contributed by atoms with Crippen LogP contribution in [0.1, 0.15) is 90.0 Å². The molecule has 1 aromatic carbocycles. The first-order valence-corrected chi connectivity index (χ1v) is 24.4. The van der Waals surface area contributed by atoms with Gasteiger partial charge in [0.05, 0.1) is 13.0 Å². The van der Waals surface area contributed by atoms with Crippen LogP contribution in [0, 0.1) is 5.92 Å². The highest BCUT2D eigenvalue weighted by Gasteiger charge is 2.45. The number of aliphatic imine (C=N–C) groups is 1. The van der Waals surface area contributed by atoms with Gasteiger partial charge in [0.1, 0.15) is 47.5 Å². The van der Waals surface area contributed by atoms with E-state index in [-0.39, 0.29) is 81.3 Å². The number of guanidine groups is 1. The Kier molecular flexibility index (Phi) is 23.5. The van der Waals surface area contributed by atoms with Gasteiger partial charge < -0.3 is 70.2 Å². The van der Waals surface area contributed by atoms with Crippen LogP contribution >= 0.6 is 25.3 Å². The summed E-state index contributed by atoms with van der Waals surface area (Å²) >= 11 is 8.38. The SMILES string of the molecule is CC(C)[C@H](NC(=O)C1(NC(=O)[C@H](Cc2ccc(O)cc2)NC(=O)CCS)CCCCC1)C(=O)N[C@@H](CC(N)=O)C(=O)N[C@@H](CS)C(=O)N1CCC[C@H]1C(=O)N[C@H](CCCN=C(N)N)C(=O)NCC(N)=O. The Morgan fingerprint density at radius 1 is 0.771 bits per heavy atom. The maximum atomic E-state index is 14.4. The van der Waals surface area contributed by atoms with Crippen LogP contribution in [0.25, 0.3) is 0 Å². The van der Waals surface area contributed by atoms with Crippen molar-refractivity contribution >= 4 is 90.3 Å². The molecule has 26 heteroatoms. The van der Waals surface area contributed by atoms with Crippen LogP contribution in [0.15, 0.2) is 29.3 Å². The summed E-state index contributed by atoms with van der Waals surface area (Å²) in [6.45, 7) is 2.98. The summed E-state index contributed by atoms with van der Waals surface area (Å²) in [6, 6.07) is -1.66. The number of hydrogen-bond donors (Lipinski definition) is 14. The number of nitrogens with zero attached hydrogens (tertiary/aromatic N) is 2. The second-order valence-corrected chi connectivity index (χ2v) is 18.5. The Hall–Kier alpha value is -6.31. The summed E-state index contributed by atoms with van der Waals surface area (Å²) in [5, 5.41) is 28.1.